The highest BCUT2D eigenvalue weighted by molar-refractivity contribution is 5.21. The molecule has 0 aromatic heterocycles. The van der Waals surface area contributed by atoms with Crippen LogP contribution in [0, 0.1) is 5.82 Å². The van der Waals surface area contributed by atoms with Crippen LogP contribution < -0.4 is 5.32 Å². The van der Waals surface area contributed by atoms with Crippen LogP contribution in [0.5, 0.6) is 0 Å². The lowest BCUT2D eigenvalue weighted by molar-refractivity contribution is -0.154. The molecule has 0 saturated heterocycles. The number of benzene rings is 1. The first kappa shape index (κ1) is 14.1. The standard InChI is InChI=1S/C13H20FNO2/c1-4-16-13(17-5-2)12(15-3)10-8-6-7-9-11(10)14/h6-9,12-13,15H,4-5H2,1-3H3. The van der Waals surface area contributed by atoms with Gasteiger partial charge in [-0.05, 0) is 27.0 Å². The summed E-state index contributed by atoms with van der Waals surface area (Å²) in [6, 6.07) is 6.34. The monoisotopic (exact) mass is 241 g/mol. The van der Waals surface area contributed by atoms with E-state index in [-0.39, 0.29) is 11.9 Å². The van der Waals surface area contributed by atoms with Gasteiger partial charge in [0.25, 0.3) is 0 Å². The molecule has 0 aliphatic rings. The van der Waals surface area contributed by atoms with E-state index in [2.05, 4.69) is 5.32 Å². The first-order chi connectivity index (χ1) is 8.24. The van der Waals surface area contributed by atoms with E-state index in [1.54, 1.807) is 25.2 Å². The summed E-state index contributed by atoms with van der Waals surface area (Å²) in [4.78, 5) is 0. The largest absolute Gasteiger partial charge is 0.351 e. The van der Waals surface area contributed by atoms with Crippen LogP contribution in [0.25, 0.3) is 0 Å². The molecule has 0 bridgehead atoms. The third-order valence-electron chi connectivity index (χ3n) is 2.49. The third kappa shape index (κ3) is 3.77. The van der Waals surface area contributed by atoms with E-state index in [0.29, 0.717) is 18.8 Å². The van der Waals surface area contributed by atoms with E-state index in [9.17, 15) is 4.39 Å². The van der Waals surface area contributed by atoms with E-state index >= 15 is 0 Å². The first-order valence-corrected chi connectivity index (χ1v) is 5.89. The summed E-state index contributed by atoms with van der Waals surface area (Å²) in [5, 5.41) is 3.04. The van der Waals surface area contributed by atoms with Crippen molar-refractivity contribution in [2.45, 2.75) is 26.2 Å². The minimum atomic E-state index is -0.480. The van der Waals surface area contributed by atoms with Gasteiger partial charge in [-0.3, -0.25) is 0 Å². The zero-order chi connectivity index (χ0) is 12.7. The average Bonchev–Trinajstić information content (AvgIpc) is 2.33. The Bertz CT molecular complexity index is 327. The number of ether oxygens (including phenoxy) is 2. The molecule has 0 fully saturated rings. The van der Waals surface area contributed by atoms with Gasteiger partial charge in [0.15, 0.2) is 6.29 Å². The molecular formula is C13H20FNO2. The van der Waals surface area contributed by atoms with Crippen molar-refractivity contribution in [1.82, 2.24) is 5.32 Å². The molecule has 0 spiro atoms. The van der Waals surface area contributed by atoms with Crippen LogP contribution in [0.3, 0.4) is 0 Å². The second-order valence-electron chi connectivity index (χ2n) is 3.57. The number of hydrogen-bond acceptors (Lipinski definition) is 3. The first-order valence-electron chi connectivity index (χ1n) is 5.89. The van der Waals surface area contributed by atoms with Crippen LogP contribution in [-0.2, 0) is 9.47 Å². The van der Waals surface area contributed by atoms with Crippen LogP contribution in [0.4, 0.5) is 4.39 Å². The highest BCUT2D eigenvalue weighted by Crippen LogP contribution is 2.22. The lowest BCUT2D eigenvalue weighted by atomic mass is 10.1. The van der Waals surface area contributed by atoms with Crippen LogP contribution in [0.1, 0.15) is 25.5 Å². The summed E-state index contributed by atoms with van der Waals surface area (Å²) in [5.74, 6) is -0.253. The molecule has 0 heterocycles. The summed E-state index contributed by atoms with van der Waals surface area (Å²) in [5.41, 5.74) is 0.557. The fourth-order valence-electron chi connectivity index (χ4n) is 1.73. The molecule has 0 radical (unpaired) electrons. The topological polar surface area (TPSA) is 30.5 Å². The second kappa shape index (κ2) is 7.37. The van der Waals surface area contributed by atoms with Crippen LogP contribution in [-0.4, -0.2) is 26.6 Å². The average molecular weight is 241 g/mol. The molecule has 4 heteroatoms. The molecule has 1 aromatic carbocycles. The van der Waals surface area contributed by atoms with Crippen molar-refractivity contribution in [3.05, 3.63) is 35.6 Å². The number of nitrogens with one attached hydrogen (secondary N) is 1. The molecule has 1 unspecified atom stereocenters. The second-order valence-corrected chi connectivity index (χ2v) is 3.57. The zero-order valence-electron chi connectivity index (χ0n) is 10.6. The van der Waals surface area contributed by atoms with Crippen molar-refractivity contribution in [3.8, 4) is 0 Å². The number of halogens is 1. The molecule has 0 aliphatic heterocycles. The Labute approximate surface area is 102 Å². The van der Waals surface area contributed by atoms with Gasteiger partial charge in [-0.15, -0.1) is 0 Å². The molecule has 1 rings (SSSR count). The van der Waals surface area contributed by atoms with Crippen molar-refractivity contribution >= 4 is 0 Å². The summed E-state index contributed by atoms with van der Waals surface area (Å²) in [6.45, 7) is 4.83. The number of likely N-dealkylation sites (N-methyl/N-ethyl adjacent to an activating group) is 1. The molecular weight excluding hydrogens is 221 g/mol. The Kier molecular flexibility index (Phi) is 6.11. The van der Waals surface area contributed by atoms with Gasteiger partial charge in [0.2, 0.25) is 0 Å². The Morgan fingerprint density at radius 3 is 2.24 bits per heavy atom. The van der Waals surface area contributed by atoms with Gasteiger partial charge >= 0.3 is 0 Å². The minimum absolute atomic E-state index is 0.253. The summed E-state index contributed by atoms with van der Waals surface area (Å²) >= 11 is 0. The maximum Gasteiger partial charge on any atom is 0.176 e. The lowest BCUT2D eigenvalue weighted by Crippen LogP contribution is -2.34. The molecule has 0 amide bonds. The molecule has 96 valence electrons. The van der Waals surface area contributed by atoms with Gasteiger partial charge in [0.1, 0.15) is 5.82 Å². The highest BCUT2D eigenvalue weighted by atomic mass is 19.1. The molecule has 1 N–H and O–H groups in total. The van der Waals surface area contributed by atoms with Gasteiger partial charge < -0.3 is 14.8 Å². The van der Waals surface area contributed by atoms with Gasteiger partial charge in [-0.2, -0.15) is 0 Å². The minimum Gasteiger partial charge on any atom is -0.351 e. The Morgan fingerprint density at radius 2 is 1.76 bits per heavy atom. The molecule has 1 aromatic rings. The van der Waals surface area contributed by atoms with Crippen molar-refractivity contribution in [3.63, 3.8) is 0 Å². The Balaban J connectivity index is 2.91. The van der Waals surface area contributed by atoms with Crippen molar-refractivity contribution in [1.29, 1.82) is 0 Å². The fraction of sp³-hybridized carbons (Fsp3) is 0.538. The van der Waals surface area contributed by atoms with E-state index in [4.69, 9.17) is 9.47 Å². The van der Waals surface area contributed by atoms with E-state index < -0.39 is 6.29 Å². The van der Waals surface area contributed by atoms with Gasteiger partial charge in [-0.25, -0.2) is 4.39 Å². The number of rotatable bonds is 7. The Hall–Kier alpha value is -0.970. The van der Waals surface area contributed by atoms with Crippen molar-refractivity contribution in [2.75, 3.05) is 20.3 Å². The zero-order valence-corrected chi connectivity index (χ0v) is 10.6. The summed E-state index contributed by atoms with van der Waals surface area (Å²) in [7, 11) is 1.77. The smallest absolute Gasteiger partial charge is 0.176 e. The number of hydrogen-bond donors (Lipinski definition) is 1. The van der Waals surface area contributed by atoms with Gasteiger partial charge in [-0.1, -0.05) is 18.2 Å². The van der Waals surface area contributed by atoms with Crippen LogP contribution >= 0.6 is 0 Å². The van der Waals surface area contributed by atoms with E-state index in [1.807, 2.05) is 13.8 Å². The predicted octanol–water partition coefficient (Wildman–Crippen LogP) is 2.49. The fourth-order valence-corrected chi connectivity index (χ4v) is 1.73. The van der Waals surface area contributed by atoms with Gasteiger partial charge in [0.05, 0.1) is 6.04 Å². The normalized spacial score (nSPS) is 13.0. The third-order valence-corrected chi connectivity index (χ3v) is 2.49. The molecule has 0 aliphatic carbocycles. The van der Waals surface area contributed by atoms with Crippen molar-refractivity contribution < 1.29 is 13.9 Å². The highest BCUT2D eigenvalue weighted by Gasteiger charge is 2.24. The van der Waals surface area contributed by atoms with Gasteiger partial charge in [0, 0.05) is 18.8 Å². The Morgan fingerprint density at radius 1 is 1.18 bits per heavy atom. The molecule has 17 heavy (non-hydrogen) atoms. The van der Waals surface area contributed by atoms with E-state index in [0.717, 1.165) is 0 Å². The molecule has 0 saturated carbocycles. The SMILES string of the molecule is CCOC(OCC)C(NC)c1ccccc1F. The summed E-state index contributed by atoms with van der Waals surface area (Å²) < 4.78 is 24.7. The molecule has 3 nitrogen and oxygen atoms in total. The van der Waals surface area contributed by atoms with Crippen molar-refractivity contribution in [2.24, 2.45) is 0 Å². The quantitative estimate of drug-likeness (QED) is 0.744. The maximum atomic E-state index is 13.7. The van der Waals surface area contributed by atoms with E-state index in [1.165, 1.54) is 6.07 Å². The maximum absolute atomic E-state index is 13.7. The summed E-state index contributed by atoms with van der Waals surface area (Å²) in [6.07, 6.45) is -0.480. The van der Waals surface area contributed by atoms with Crippen LogP contribution in [0.2, 0.25) is 0 Å². The predicted molar refractivity (Wildman–Crippen MR) is 65.2 cm³/mol. The lowest BCUT2D eigenvalue weighted by Gasteiger charge is -2.27. The van der Waals surface area contributed by atoms with Crippen LogP contribution in [0.15, 0.2) is 24.3 Å². The molecule has 1 atom stereocenters.